The number of hydrogen-bond acceptors (Lipinski definition) is 5. The lowest BCUT2D eigenvalue weighted by molar-refractivity contribution is 0.136. The van der Waals surface area contributed by atoms with Gasteiger partial charge in [-0.2, -0.15) is 0 Å². The van der Waals surface area contributed by atoms with Gasteiger partial charge >= 0.3 is 0 Å². The summed E-state index contributed by atoms with van der Waals surface area (Å²) in [5.74, 6) is 0.659. The maximum atomic E-state index is 5.17. The van der Waals surface area contributed by atoms with Gasteiger partial charge in [0.15, 0.2) is 0 Å². The number of aromatic nitrogens is 3. The van der Waals surface area contributed by atoms with E-state index in [2.05, 4.69) is 41.3 Å². The van der Waals surface area contributed by atoms with Crippen molar-refractivity contribution in [1.29, 1.82) is 0 Å². The van der Waals surface area contributed by atoms with E-state index in [1.807, 2.05) is 10.9 Å². The van der Waals surface area contributed by atoms with Crippen LogP contribution in [0.3, 0.4) is 0 Å². The fourth-order valence-corrected chi connectivity index (χ4v) is 2.06. The van der Waals surface area contributed by atoms with Crippen LogP contribution in [0.5, 0.6) is 0 Å². The number of methoxy groups -OCH3 is 1. The second-order valence-corrected chi connectivity index (χ2v) is 5.44. The molecule has 0 saturated heterocycles. The summed E-state index contributed by atoms with van der Waals surface area (Å²) in [6.45, 7) is 13.0. The molecular formula is C14H29N5O. The van der Waals surface area contributed by atoms with Crippen LogP contribution in [0.4, 0.5) is 0 Å². The summed E-state index contributed by atoms with van der Waals surface area (Å²) >= 11 is 0. The molecule has 1 rings (SSSR count). The van der Waals surface area contributed by atoms with Crippen molar-refractivity contribution >= 4 is 0 Å². The van der Waals surface area contributed by atoms with Gasteiger partial charge in [-0.15, -0.1) is 5.10 Å². The number of nitrogens with one attached hydrogen (secondary N) is 1. The van der Waals surface area contributed by atoms with E-state index < -0.39 is 0 Å². The third-order valence-corrected chi connectivity index (χ3v) is 3.02. The molecule has 6 nitrogen and oxygen atoms in total. The standard InChI is InChI=1S/C14H29N5O/c1-5-15-10-14-12-19(17-16-14)7-6-18(8-9-20-4)11-13(2)3/h12-13,15H,5-11H2,1-4H3. The van der Waals surface area contributed by atoms with Gasteiger partial charge in [0.2, 0.25) is 0 Å². The van der Waals surface area contributed by atoms with Crippen LogP contribution >= 0.6 is 0 Å². The topological polar surface area (TPSA) is 55.2 Å². The summed E-state index contributed by atoms with van der Waals surface area (Å²) in [5, 5.41) is 11.6. The highest BCUT2D eigenvalue weighted by Gasteiger charge is 2.08. The Morgan fingerprint density at radius 3 is 2.85 bits per heavy atom. The second-order valence-electron chi connectivity index (χ2n) is 5.44. The summed E-state index contributed by atoms with van der Waals surface area (Å²) in [5.41, 5.74) is 0.999. The molecule has 0 unspecified atom stereocenters. The van der Waals surface area contributed by atoms with Gasteiger partial charge < -0.3 is 10.1 Å². The number of ether oxygens (including phenoxy) is 1. The van der Waals surface area contributed by atoms with Gasteiger partial charge in [-0.3, -0.25) is 9.58 Å². The lowest BCUT2D eigenvalue weighted by atomic mass is 10.2. The third-order valence-electron chi connectivity index (χ3n) is 3.02. The molecule has 0 fully saturated rings. The molecule has 0 saturated carbocycles. The fraction of sp³-hybridized carbons (Fsp3) is 0.857. The van der Waals surface area contributed by atoms with E-state index in [1.54, 1.807) is 7.11 Å². The van der Waals surface area contributed by atoms with Gasteiger partial charge in [-0.05, 0) is 12.5 Å². The molecule has 0 amide bonds. The zero-order valence-corrected chi connectivity index (χ0v) is 13.3. The van der Waals surface area contributed by atoms with Crippen molar-refractivity contribution in [3.8, 4) is 0 Å². The molecule has 0 spiro atoms. The Morgan fingerprint density at radius 2 is 2.20 bits per heavy atom. The Morgan fingerprint density at radius 1 is 1.40 bits per heavy atom. The molecule has 20 heavy (non-hydrogen) atoms. The Hall–Kier alpha value is -0.980. The normalized spacial score (nSPS) is 11.7. The molecule has 0 radical (unpaired) electrons. The molecule has 0 aliphatic carbocycles. The highest BCUT2D eigenvalue weighted by Crippen LogP contribution is 2.00. The molecule has 0 aliphatic heterocycles. The van der Waals surface area contributed by atoms with E-state index >= 15 is 0 Å². The molecular weight excluding hydrogens is 254 g/mol. The average Bonchev–Trinajstić information content (AvgIpc) is 2.87. The van der Waals surface area contributed by atoms with Crippen molar-refractivity contribution in [3.05, 3.63) is 11.9 Å². The van der Waals surface area contributed by atoms with Crippen LogP contribution in [0.25, 0.3) is 0 Å². The lowest BCUT2D eigenvalue weighted by Crippen LogP contribution is -2.34. The molecule has 1 heterocycles. The maximum absolute atomic E-state index is 5.17. The molecule has 116 valence electrons. The molecule has 0 aromatic carbocycles. The smallest absolute Gasteiger partial charge is 0.0964 e. The van der Waals surface area contributed by atoms with Crippen molar-refractivity contribution in [1.82, 2.24) is 25.2 Å². The van der Waals surface area contributed by atoms with Gasteiger partial charge in [0.1, 0.15) is 0 Å². The minimum Gasteiger partial charge on any atom is -0.383 e. The quantitative estimate of drug-likeness (QED) is 0.656. The van der Waals surface area contributed by atoms with E-state index in [1.165, 1.54) is 0 Å². The van der Waals surface area contributed by atoms with Gasteiger partial charge in [0.25, 0.3) is 0 Å². The molecule has 6 heteroatoms. The molecule has 0 atom stereocenters. The van der Waals surface area contributed by atoms with Gasteiger partial charge in [0, 0.05) is 39.5 Å². The van der Waals surface area contributed by atoms with Gasteiger partial charge in [-0.25, -0.2) is 0 Å². The highest BCUT2D eigenvalue weighted by atomic mass is 16.5. The monoisotopic (exact) mass is 283 g/mol. The van der Waals surface area contributed by atoms with E-state index in [0.29, 0.717) is 5.92 Å². The summed E-state index contributed by atoms with van der Waals surface area (Å²) in [6.07, 6.45) is 2.02. The summed E-state index contributed by atoms with van der Waals surface area (Å²) in [4.78, 5) is 2.42. The van der Waals surface area contributed by atoms with Crippen LogP contribution in [-0.2, 0) is 17.8 Å². The predicted molar refractivity (Wildman–Crippen MR) is 80.6 cm³/mol. The Balaban J connectivity index is 2.38. The van der Waals surface area contributed by atoms with Gasteiger partial charge in [0.05, 0.1) is 18.8 Å². The van der Waals surface area contributed by atoms with Crippen LogP contribution < -0.4 is 5.32 Å². The first-order chi connectivity index (χ1) is 9.65. The first kappa shape index (κ1) is 17.1. The third kappa shape index (κ3) is 6.98. The predicted octanol–water partition coefficient (Wildman–Crippen LogP) is 0.992. The number of hydrogen-bond donors (Lipinski definition) is 1. The molecule has 1 aromatic rings. The SMILES string of the molecule is CCNCc1cn(CCN(CCOC)CC(C)C)nn1. The van der Waals surface area contributed by atoms with E-state index in [9.17, 15) is 0 Å². The largest absolute Gasteiger partial charge is 0.383 e. The van der Waals surface area contributed by atoms with Crippen molar-refractivity contribution in [2.75, 3.05) is 39.9 Å². The van der Waals surface area contributed by atoms with Crippen molar-refractivity contribution < 1.29 is 4.74 Å². The van der Waals surface area contributed by atoms with Crippen LogP contribution in [-0.4, -0.2) is 59.8 Å². The summed E-state index contributed by atoms with van der Waals surface area (Å²) in [7, 11) is 1.75. The van der Waals surface area contributed by atoms with E-state index in [4.69, 9.17) is 4.74 Å². The van der Waals surface area contributed by atoms with Crippen molar-refractivity contribution in [3.63, 3.8) is 0 Å². The minimum absolute atomic E-state index is 0.659. The number of nitrogens with zero attached hydrogens (tertiary/aromatic N) is 4. The molecule has 1 N–H and O–H groups in total. The van der Waals surface area contributed by atoms with Crippen molar-refractivity contribution in [2.45, 2.75) is 33.9 Å². The van der Waals surface area contributed by atoms with E-state index in [0.717, 1.165) is 51.6 Å². The lowest BCUT2D eigenvalue weighted by Gasteiger charge is -2.23. The van der Waals surface area contributed by atoms with Crippen LogP contribution in [0.15, 0.2) is 6.20 Å². The highest BCUT2D eigenvalue weighted by molar-refractivity contribution is 4.91. The fourth-order valence-electron chi connectivity index (χ4n) is 2.06. The van der Waals surface area contributed by atoms with Crippen molar-refractivity contribution in [2.24, 2.45) is 5.92 Å². The Kier molecular flexibility index (Phi) is 8.41. The Labute approximate surface area is 122 Å². The zero-order chi connectivity index (χ0) is 14.8. The zero-order valence-electron chi connectivity index (χ0n) is 13.3. The van der Waals surface area contributed by atoms with Crippen LogP contribution in [0.2, 0.25) is 0 Å². The maximum Gasteiger partial charge on any atom is 0.0964 e. The first-order valence-corrected chi connectivity index (χ1v) is 7.46. The molecule has 0 aliphatic rings. The molecule has 1 aromatic heterocycles. The average molecular weight is 283 g/mol. The Bertz CT molecular complexity index is 353. The van der Waals surface area contributed by atoms with E-state index in [-0.39, 0.29) is 0 Å². The first-order valence-electron chi connectivity index (χ1n) is 7.46. The summed E-state index contributed by atoms with van der Waals surface area (Å²) in [6, 6.07) is 0. The number of rotatable bonds is 11. The van der Waals surface area contributed by atoms with Crippen LogP contribution in [0.1, 0.15) is 26.5 Å². The minimum atomic E-state index is 0.659. The van der Waals surface area contributed by atoms with Crippen LogP contribution in [0, 0.1) is 5.92 Å². The molecule has 0 bridgehead atoms. The summed E-state index contributed by atoms with van der Waals surface area (Å²) < 4.78 is 7.09. The second kappa shape index (κ2) is 9.85. The van der Waals surface area contributed by atoms with Gasteiger partial charge in [-0.1, -0.05) is 26.0 Å².